The second-order valence-electron chi connectivity index (χ2n) is 7.33. The van der Waals surface area contributed by atoms with Crippen molar-refractivity contribution in [2.24, 2.45) is 0 Å². The zero-order valence-corrected chi connectivity index (χ0v) is 16.6. The van der Waals surface area contributed by atoms with Gasteiger partial charge in [-0.05, 0) is 43.4 Å². The number of para-hydroxylation sites is 1. The van der Waals surface area contributed by atoms with Gasteiger partial charge in [-0.3, -0.25) is 9.69 Å². The molecule has 144 valence electrons. The number of carbonyl (C=O) groups is 1. The smallest absolute Gasteiger partial charge is 0.234 e. The highest BCUT2D eigenvalue weighted by Gasteiger charge is 2.31. The Labute approximate surface area is 162 Å². The Hall–Kier alpha value is -2.33. The maximum Gasteiger partial charge on any atom is 0.234 e. The van der Waals surface area contributed by atoms with Gasteiger partial charge in [0, 0.05) is 18.2 Å². The van der Waals surface area contributed by atoms with Crippen LogP contribution in [0.4, 0.5) is 0 Å². The van der Waals surface area contributed by atoms with E-state index < -0.39 is 0 Å². The Bertz CT molecular complexity index is 753. The summed E-state index contributed by atoms with van der Waals surface area (Å²) in [5, 5.41) is 3.15. The molecule has 1 saturated carbocycles. The van der Waals surface area contributed by atoms with Crippen LogP contribution in [-0.4, -0.2) is 30.5 Å². The molecule has 1 aliphatic carbocycles. The molecule has 2 aromatic carbocycles. The van der Waals surface area contributed by atoms with Crippen molar-refractivity contribution < 1.29 is 9.53 Å². The summed E-state index contributed by atoms with van der Waals surface area (Å²) in [5.41, 5.74) is 3.58. The van der Waals surface area contributed by atoms with Gasteiger partial charge in [0.05, 0.1) is 19.7 Å². The molecule has 1 N–H and O–H groups in total. The van der Waals surface area contributed by atoms with E-state index in [-0.39, 0.29) is 11.9 Å². The molecule has 0 aromatic heterocycles. The van der Waals surface area contributed by atoms with Crippen molar-refractivity contribution in [3.8, 4) is 5.75 Å². The van der Waals surface area contributed by atoms with Gasteiger partial charge in [0.2, 0.25) is 5.91 Å². The van der Waals surface area contributed by atoms with Crippen LogP contribution in [0.5, 0.6) is 5.75 Å². The number of aryl methyl sites for hydroxylation is 1. The first-order chi connectivity index (χ1) is 13.1. The normalized spacial score (nSPS) is 14.8. The summed E-state index contributed by atoms with van der Waals surface area (Å²) in [6, 6.07) is 17.0. The first-order valence-corrected chi connectivity index (χ1v) is 9.84. The van der Waals surface area contributed by atoms with Gasteiger partial charge >= 0.3 is 0 Å². The van der Waals surface area contributed by atoms with Gasteiger partial charge in [-0.15, -0.1) is 0 Å². The molecule has 1 fully saturated rings. The molecule has 1 amide bonds. The molecule has 1 unspecified atom stereocenters. The van der Waals surface area contributed by atoms with E-state index in [0.717, 1.165) is 42.7 Å². The number of hydrogen-bond acceptors (Lipinski definition) is 3. The Kier molecular flexibility index (Phi) is 6.51. The van der Waals surface area contributed by atoms with Gasteiger partial charge in [-0.25, -0.2) is 0 Å². The number of hydrogen-bond donors (Lipinski definition) is 1. The van der Waals surface area contributed by atoms with Gasteiger partial charge in [-0.2, -0.15) is 0 Å². The largest absolute Gasteiger partial charge is 0.496 e. The lowest BCUT2D eigenvalue weighted by Crippen LogP contribution is -2.39. The lowest BCUT2D eigenvalue weighted by Gasteiger charge is -2.24. The van der Waals surface area contributed by atoms with Crippen molar-refractivity contribution >= 4 is 5.91 Å². The van der Waals surface area contributed by atoms with Crippen LogP contribution in [0.25, 0.3) is 0 Å². The fourth-order valence-corrected chi connectivity index (χ4v) is 3.40. The molecule has 4 nitrogen and oxygen atoms in total. The molecule has 1 aliphatic rings. The van der Waals surface area contributed by atoms with Crippen molar-refractivity contribution in [3.63, 3.8) is 0 Å². The monoisotopic (exact) mass is 366 g/mol. The second kappa shape index (κ2) is 9.05. The molecule has 0 heterocycles. The number of nitrogens with one attached hydrogen (secondary N) is 1. The molecule has 0 radical (unpaired) electrons. The molecule has 2 aromatic rings. The van der Waals surface area contributed by atoms with Gasteiger partial charge in [0.1, 0.15) is 5.75 Å². The molecular weight excluding hydrogens is 336 g/mol. The third-order valence-corrected chi connectivity index (χ3v) is 5.24. The van der Waals surface area contributed by atoms with E-state index in [1.54, 1.807) is 7.11 Å². The maximum atomic E-state index is 12.7. The molecule has 0 bridgehead atoms. The molecule has 1 atom stereocenters. The Balaban J connectivity index is 1.60. The van der Waals surface area contributed by atoms with Crippen molar-refractivity contribution in [1.82, 2.24) is 10.2 Å². The fraction of sp³-hybridized carbons (Fsp3) is 0.435. The fourth-order valence-electron chi connectivity index (χ4n) is 3.40. The van der Waals surface area contributed by atoms with Crippen LogP contribution in [0.15, 0.2) is 48.5 Å². The standard InChI is InChI=1S/C23H30N2O2/c1-4-18-9-11-19(12-10-18)17(2)24-23(26)16-25(21-13-14-21)15-20-7-5-6-8-22(20)27-3/h5-12,17,21H,4,13-16H2,1-3H3,(H,24,26). The Morgan fingerprint density at radius 3 is 2.52 bits per heavy atom. The molecule has 3 rings (SSSR count). The zero-order chi connectivity index (χ0) is 19.2. The lowest BCUT2D eigenvalue weighted by atomic mass is 10.0. The van der Waals surface area contributed by atoms with Crippen LogP contribution in [0.3, 0.4) is 0 Å². The number of rotatable bonds is 9. The number of ether oxygens (including phenoxy) is 1. The van der Waals surface area contributed by atoms with E-state index in [1.807, 2.05) is 25.1 Å². The number of carbonyl (C=O) groups excluding carboxylic acids is 1. The van der Waals surface area contributed by atoms with E-state index in [0.29, 0.717) is 12.6 Å². The molecule has 0 spiro atoms. The van der Waals surface area contributed by atoms with Crippen LogP contribution < -0.4 is 10.1 Å². The van der Waals surface area contributed by atoms with Crippen LogP contribution >= 0.6 is 0 Å². The summed E-state index contributed by atoms with van der Waals surface area (Å²) in [5.74, 6) is 0.955. The number of benzene rings is 2. The van der Waals surface area contributed by atoms with Crippen molar-refractivity contribution in [1.29, 1.82) is 0 Å². The van der Waals surface area contributed by atoms with Gasteiger partial charge < -0.3 is 10.1 Å². The van der Waals surface area contributed by atoms with Gasteiger partial charge in [-0.1, -0.05) is 49.4 Å². The maximum absolute atomic E-state index is 12.7. The van der Waals surface area contributed by atoms with Crippen LogP contribution in [0, 0.1) is 0 Å². The highest BCUT2D eigenvalue weighted by Crippen LogP contribution is 2.30. The highest BCUT2D eigenvalue weighted by molar-refractivity contribution is 5.78. The quantitative estimate of drug-likeness (QED) is 0.726. The van der Waals surface area contributed by atoms with Crippen LogP contribution in [0.2, 0.25) is 0 Å². The van der Waals surface area contributed by atoms with E-state index in [2.05, 4.69) is 47.5 Å². The van der Waals surface area contributed by atoms with Crippen molar-refractivity contribution in [2.45, 2.75) is 51.7 Å². The third kappa shape index (κ3) is 5.33. The summed E-state index contributed by atoms with van der Waals surface area (Å²) in [4.78, 5) is 14.9. The predicted molar refractivity (Wildman–Crippen MR) is 109 cm³/mol. The van der Waals surface area contributed by atoms with E-state index in [1.165, 1.54) is 5.56 Å². The summed E-state index contributed by atoms with van der Waals surface area (Å²) in [7, 11) is 1.69. The van der Waals surface area contributed by atoms with Crippen LogP contribution in [-0.2, 0) is 17.8 Å². The molecular formula is C23H30N2O2. The topological polar surface area (TPSA) is 41.6 Å². The average molecular weight is 367 g/mol. The van der Waals surface area contributed by atoms with E-state index >= 15 is 0 Å². The minimum Gasteiger partial charge on any atom is -0.496 e. The number of amides is 1. The minimum absolute atomic E-state index is 0.00993. The highest BCUT2D eigenvalue weighted by atomic mass is 16.5. The molecule has 4 heteroatoms. The number of methoxy groups -OCH3 is 1. The summed E-state index contributed by atoms with van der Waals surface area (Å²) < 4.78 is 5.47. The second-order valence-corrected chi connectivity index (χ2v) is 7.33. The van der Waals surface area contributed by atoms with Crippen molar-refractivity contribution in [2.75, 3.05) is 13.7 Å². The zero-order valence-electron chi connectivity index (χ0n) is 16.6. The average Bonchev–Trinajstić information content (AvgIpc) is 3.53. The summed E-state index contributed by atoms with van der Waals surface area (Å²) >= 11 is 0. The third-order valence-electron chi connectivity index (χ3n) is 5.24. The van der Waals surface area contributed by atoms with Gasteiger partial charge in [0.15, 0.2) is 0 Å². The van der Waals surface area contributed by atoms with E-state index in [4.69, 9.17) is 4.74 Å². The summed E-state index contributed by atoms with van der Waals surface area (Å²) in [6.45, 7) is 5.34. The Morgan fingerprint density at radius 1 is 1.19 bits per heavy atom. The van der Waals surface area contributed by atoms with E-state index in [9.17, 15) is 4.79 Å². The predicted octanol–water partition coefficient (Wildman–Crippen LogP) is 4.10. The molecule has 27 heavy (non-hydrogen) atoms. The SMILES string of the molecule is CCc1ccc(C(C)NC(=O)CN(Cc2ccccc2OC)C2CC2)cc1. The van der Waals surface area contributed by atoms with Crippen molar-refractivity contribution in [3.05, 3.63) is 65.2 Å². The summed E-state index contributed by atoms with van der Waals surface area (Å²) in [6.07, 6.45) is 3.35. The number of nitrogens with zero attached hydrogens (tertiary/aromatic N) is 1. The Morgan fingerprint density at radius 2 is 1.89 bits per heavy atom. The molecule has 0 saturated heterocycles. The minimum atomic E-state index is 0.00993. The van der Waals surface area contributed by atoms with Crippen LogP contribution in [0.1, 0.15) is 49.4 Å². The first kappa shape index (κ1) is 19.4. The van der Waals surface area contributed by atoms with Gasteiger partial charge in [0.25, 0.3) is 0 Å². The molecule has 0 aliphatic heterocycles. The lowest BCUT2D eigenvalue weighted by molar-refractivity contribution is -0.123. The first-order valence-electron chi connectivity index (χ1n) is 9.84.